The van der Waals surface area contributed by atoms with Crippen molar-refractivity contribution in [1.82, 2.24) is 20.5 Å². The molecule has 0 radical (unpaired) electrons. The third-order valence-electron chi connectivity index (χ3n) is 7.01. The minimum Gasteiger partial charge on any atom is -0.355 e. The van der Waals surface area contributed by atoms with Crippen LogP contribution in [0.3, 0.4) is 0 Å². The Kier molecular flexibility index (Phi) is 7.63. The number of H-pyrrole nitrogens is 1. The number of pyridine rings is 1. The second kappa shape index (κ2) is 12.1. The number of anilines is 2. The van der Waals surface area contributed by atoms with Gasteiger partial charge in [-0.2, -0.15) is 5.10 Å². The molecule has 0 saturated carbocycles. The van der Waals surface area contributed by atoms with Crippen molar-refractivity contribution in [3.05, 3.63) is 156 Å². The molecule has 6 nitrogen and oxygen atoms in total. The Hall–Kier alpha value is -5.49. The maximum absolute atomic E-state index is 13.4. The van der Waals surface area contributed by atoms with Crippen LogP contribution in [0.2, 0.25) is 0 Å². The number of hydrogen-bond donors (Lipinski definition) is 3. The number of hydrogen-bond acceptors (Lipinski definition) is 4. The monoisotopic (exact) mass is 535 g/mol. The van der Waals surface area contributed by atoms with Gasteiger partial charge in [0.2, 0.25) is 0 Å². The van der Waals surface area contributed by atoms with Gasteiger partial charge in [-0.25, -0.2) is 0 Å². The number of nitrogens with zero attached hydrogens (tertiary/aromatic N) is 2. The highest BCUT2D eigenvalue weighted by molar-refractivity contribution is 6.00. The zero-order chi connectivity index (χ0) is 27.9. The summed E-state index contributed by atoms with van der Waals surface area (Å²) in [5, 5.41) is 15.2. The van der Waals surface area contributed by atoms with Gasteiger partial charge in [-0.15, -0.1) is 0 Å². The smallest absolute Gasteiger partial charge is 0.253 e. The Balaban J connectivity index is 1.19. The Morgan fingerprint density at radius 2 is 1.49 bits per heavy atom. The van der Waals surface area contributed by atoms with Gasteiger partial charge >= 0.3 is 0 Å². The third kappa shape index (κ3) is 6.07. The van der Waals surface area contributed by atoms with E-state index in [0.717, 1.165) is 44.8 Å². The molecule has 0 fully saturated rings. The van der Waals surface area contributed by atoms with Gasteiger partial charge in [0.05, 0.1) is 28.2 Å². The van der Waals surface area contributed by atoms with Crippen LogP contribution in [0, 0.1) is 0 Å². The van der Waals surface area contributed by atoms with Crippen LogP contribution in [-0.4, -0.2) is 27.6 Å². The van der Waals surface area contributed by atoms with Gasteiger partial charge in [0.1, 0.15) is 0 Å². The van der Waals surface area contributed by atoms with E-state index in [-0.39, 0.29) is 11.8 Å². The van der Waals surface area contributed by atoms with Crippen molar-refractivity contribution >= 4 is 40.3 Å². The van der Waals surface area contributed by atoms with Crippen LogP contribution >= 0.6 is 0 Å². The number of fused-ring (bicyclic) bond motifs is 1. The van der Waals surface area contributed by atoms with E-state index in [0.29, 0.717) is 12.1 Å². The second-order valence-electron chi connectivity index (χ2n) is 9.71. The summed E-state index contributed by atoms with van der Waals surface area (Å²) >= 11 is 0. The van der Waals surface area contributed by atoms with Gasteiger partial charge < -0.3 is 10.6 Å². The van der Waals surface area contributed by atoms with Crippen LogP contribution in [0.4, 0.5) is 11.4 Å². The normalized spacial score (nSPS) is 11.2. The first-order valence-electron chi connectivity index (χ1n) is 13.6. The Morgan fingerprint density at radius 1 is 0.780 bits per heavy atom. The highest BCUT2D eigenvalue weighted by Gasteiger charge is 2.17. The fourth-order valence-electron chi connectivity index (χ4n) is 4.92. The van der Waals surface area contributed by atoms with Crippen molar-refractivity contribution in [1.29, 1.82) is 0 Å². The van der Waals surface area contributed by atoms with Crippen LogP contribution in [0.1, 0.15) is 38.8 Å². The summed E-state index contributed by atoms with van der Waals surface area (Å²) in [6.07, 6.45) is 5.66. The highest BCUT2D eigenvalue weighted by Crippen LogP contribution is 2.27. The van der Waals surface area contributed by atoms with Gasteiger partial charge in [0, 0.05) is 29.7 Å². The SMILES string of the molecule is O=C(NCC(c1ccccc1)c1ccccc1)c1ccccc1Nc1ccc2c(/C=C/c3ccccn3)n[nH]c2c1. The summed E-state index contributed by atoms with van der Waals surface area (Å²) in [5.41, 5.74) is 7.09. The predicted octanol–water partition coefficient (Wildman–Crippen LogP) is 7.43. The summed E-state index contributed by atoms with van der Waals surface area (Å²) in [6, 6.07) is 39.9. The predicted molar refractivity (Wildman–Crippen MR) is 166 cm³/mol. The molecule has 4 aromatic carbocycles. The van der Waals surface area contributed by atoms with E-state index in [4.69, 9.17) is 0 Å². The standard InChI is InChI=1S/C35H29N5O/c41-35(37-24-31(25-11-3-1-4-12-25)26-13-5-2-6-14-26)30-16-7-8-17-32(30)38-28-18-20-29-33(39-40-34(29)23-28)21-19-27-15-9-10-22-36-27/h1-23,31,38H,24H2,(H,37,41)(H,39,40)/b21-19+. The fraction of sp³-hybridized carbons (Fsp3) is 0.0571. The highest BCUT2D eigenvalue weighted by atomic mass is 16.1. The van der Waals surface area contributed by atoms with Crippen molar-refractivity contribution in [3.63, 3.8) is 0 Å². The molecule has 6 aromatic rings. The first-order chi connectivity index (χ1) is 20.2. The van der Waals surface area contributed by atoms with Gasteiger partial charge in [0.25, 0.3) is 5.91 Å². The van der Waals surface area contributed by atoms with Crippen LogP contribution in [0.25, 0.3) is 23.1 Å². The Labute approximate surface area is 238 Å². The zero-order valence-corrected chi connectivity index (χ0v) is 22.4. The fourth-order valence-corrected chi connectivity index (χ4v) is 4.92. The maximum Gasteiger partial charge on any atom is 0.253 e. The first-order valence-corrected chi connectivity index (χ1v) is 13.6. The molecule has 2 aromatic heterocycles. The summed E-state index contributed by atoms with van der Waals surface area (Å²) < 4.78 is 0. The molecule has 1 amide bonds. The van der Waals surface area contributed by atoms with E-state index < -0.39 is 0 Å². The number of aromatic amines is 1. The van der Waals surface area contributed by atoms with Crippen molar-refractivity contribution in [2.24, 2.45) is 0 Å². The number of carbonyl (C=O) groups is 1. The quantitative estimate of drug-likeness (QED) is 0.180. The molecule has 0 unspecified atom stereocenters. The van der Waals surface area contributed by atoms with E-state index in [1.807, 2.05) is 109 Å². The van der Waals surface area contributed by atoms with E-state index in [2.05, 4.69) is 50.1 Å². The summed E-state index contributed by atoms with van der Waals surface area (Å²) in [4.78, 5) is 17.8. The second-order valence-corrected chi connectivity index (χ2v) is 9.71. The number of carbonyl (C=O) groups excluding carboxylic acids is 1. The number of rotatable bonds is 9. The molecule has 0 atom stereocenters. The average Bonchev–Trinajstić information content (AvgIpc) is 3.44. The summed E-state index contributed by atoms with van der Waals surface area (Å²) in [5.74, 6) is -0.0836. The molecule has 0 aliphatic rings. The van der Waals surface area contributed by atoms with E-state index in [9.17, 15) is 4.79 Å². The molecule has 6 rings (SSSR count). The zero-order valence-electron chi connectivity index (χ0n) is 22.4. The number of nitrogens with one attached hydrogen (secondary N) is 3. The molecule has 200 valence electrons. The van der Waals surface area contributed by atoms with E-state index in [1.54, 1.807) is 6.20 Å². The van der Waals surface area contributed by atoms with Crippen LogP contribution in [0.15, 0.2) is 128 Å². The average molecular weight is 536 g/mol. The van der Waals surface area contributed by atoms with Crippen molar-refractivity contribution < 1.29 is 4.79 Å². The number of aromatic nitrogens is 3. The van der Waals surface area contributed by atoms with E-state index in [1.165, 1.54) is 0 Å². The molecule has 0 aliphatic heterocycles. The van der Waals surface area contributed by atoms with Crippen molar-refractivity contribution in [3.8, 4) is 0 Å². The van der Waals surface area contributed by atoms with Crippen LogP contribution < -0.4 is 10.6 Å². The Bertz CT molecular complexity index is 1740. The molecule has 3 N–H and O–H groups in total. The largest absolute Gasteiger partial charge is 0.355 e. The maximum atomic E-state index is 13.4. The Morgan fingerprint density at radius 3 is 2.22 bits per heavy atom. The van der Waals surface area contributed by atoms with Crippen molar-refractivity contribution in [2.75, 3.05) is 11.9 Å². The lowest BCUT2D eigenvalue weighted by atomic mass is 9.91. The number of benzene rings is 4. The topological polar surface area (TPSA) is 82.7 Å². The van der Waals surface area contributed by atoms with Gasteiger partial charge in [-0.3, -0.25) is 14.9 Å². The van der Waals surface area contributed by atoms with E-state index >= 15 is 0 Å². The molecule has 41 heavy (non-hydrogen) atoms. The minimum atomic E-state index is -0.130. The lowest BCUT2D eigenvalue weighted by molar-refractivity contribution is 0.0953. The molecule has 0 bridgehead atoms. The molecule has 0 saturated heterocycles. The van der Waals surface area contributed by atoms with Gasteiger partial charge in [-0.1, -0.05) is 78.9 Å². The molecular weight excluding hydrogens is 506 g/mol. The summed E-state index contributed by atoms with van der Waals surface area (Å²) in [7, 11) is 0. The first kappa shape index (κ1) is 25.8. The lowest BCUT2D eigenvalue weighted by Gasteiger charge is -2.19. The molecule has 0 spiro atoms. The summed E-state index contributed by atoms with van der Waals surface area (Å²) in [6.45, 7) is 0.482. The van der Waals surface area contributed by atoms with Crippen LogP contribution in [-0.2, 0) is 0 Å². The minimum absolute atomic E-state index is 0.0465. The number of para-hydroxylation sites is 1. The van der Waals surface area contributed by atoms with Gasteiger partial charge in [0.15, 0.2) is 0 Å². The van der Waals surface area contributed by atoms with Crippen LogP contribution in [0.5, 0.6) is 0 Å². The van der Waals surface area contributed by atoms with Gasteiger partial charge in [-0.05, 0) is 65.7 Å². The third-order valence-corrected chi connectivity index (χ3v) is 7.01. The number of amides is 1. The molecular formula is C35H29N5O. The molecule has 2 heterocycles. The molecule has 6 heteroatoms. The van der Waals surface area contributed by atoms with Crippen molar-refractivity contribution in [2.45, 2.75) is 5.92 Å². The molecule has 0 aliphatic carbocycles. The lowest BCUT2D eigenvalue weighted by Crippen LogP contribution is -2.29.